The Balaban J connectivity index is 2.27. The number of phenolic OH excluding ortho intramolecular Hbond substituents is 1. The number of nitrogens with zero attached hydrogens (tertiary/aromatic N) is 2. The summed E-state index contributed by atoms with van der Waals surface area (Å²) in [6, 6.07) is 7.15. The van der Waals surface area contributed by atoms with Gasteiger partial charge in [-0.1, -0.05) is 0 Å². The zero-order valence-electron chi connectivity index (χ0n) is 10.7. The van der Waals surface area contributed by atoms with Gasteiger partial charge in [-0.2, -0.15) is 4.98 Å². The van der Waals surface area contributed by atoms with E-state index in [2.05, 4.69) is 20.6 Å². The van der Waals surface area contributed by atoms with Crippen molar-refractivity contribution in [2.45, 2.75) is 13.8 Å². The number of rotatable bonds is 3. The first-order valence-corrected chi connectivity index (χ1v) is 5.68. The molecule has 0 amide bonds. The van der Waals surface area contributed by atoms with Crippen molar-refractivity contribution >= 4 is 17.5 Å². The lowest BCUT2D eigenvalue weighted by molar-refractivity contribution is 0.471. The van der Waals surface area contributed by atoms with Crippen LogP contribution in [-0.4, -0.2) is 22.1 Å². The first kappa shape index (κ1) is 12.2. The molecule has 2 rings (SSSR count). The van der Waals surface area contributed by atoms with Crippen molar-refractivity contribution in [2.24, 2.45) is 0 Å². The van der Waals surface area contributed by atoms with Crippen molar-refractivity contribution in [1.29, 1.82) is 0 Å². The molecule has 0 atom stereocenters. The molecule has 0 radical (unpaired) electrons. The zero-order chi connectivity index (χ0) is 13.1. The number of aryl methyl sites for hydroxylation is 2. The predicted molar refractivity (Wildman–Crippen MR) is 72.4 cm³/mol. The molecule has 0 unspecified atom stereocenters. The summed E-state index contributed by atoms with van der Waals surface area (Å²) >= 11 is 0. The third kappa shape index (κ3) is 2.68. The van der Waals surface area contributed by atoms with Crippen LogP contribution in [0.15, 0.2) is 24.3 Å². The van der Waals surface area contributed by atoms with Gasteiger partial charge in [-0.3, -0.25) is 0 Å². The first-order valence-electron chi connectivity index (χ1n) is 5.68. The van der Waals surface area contributed by atoms with Crippen LogP contribution >= 0.6 is 0 Å². The summed E-state index contributed by atoms with van der Waals surface area (Å²) in [5.41, 5.74) is 2.53. The Morgan fingerprint density at radius 1 is 1.11 bits per heavy atom. The number of aromatic nitrogens is 2. The molecule has 0 spiro atoms. The molecule has 0 bridgehead atoms. The van der Waals surface area contributed by atoms with Gasteiger partial charge in [0.1, 0.15) is 11.6 Å². The average Bonchev–Trinajstić information content (AvgIpc) is 2.33. The molecule has 5 heteroatoms. The van der Waals surface area contributed by atoms with Gasteiger partial charge in [0.15, 0.2) is 0 Å². The van der Waals surface area contributed by atoms with Crippen molar-refractivity contribution < 1.29 is 5.11 Å². The number of hydrogen-bond acceptors (Lipinski definition) is 5. The Labute approximate surface area is 106 Å². The fourth-order valence-corrected chi connectivity index (χ4v) is 1.61. The van der Waals surface area contributed by atoms with Gasteiger partial charge >= 0.3 is 0 Å². The Kier molecular flexibility index (Phi) is 3.32. The standard InChI is InChI=1S/C13H16N4O/c1-8-6-10(4-5-11(8)18)16-13-15-9(2)7-12(14-3)17-13/h4-7,18H,1-3H3,(H2,14,15,16,17). The van der Waals surface area contributed by atoms with E-state index in [-0.39, 0.29) is 5.75 Å². The van der Waals surface area contributed by atoms with E-state index < -0.39 is 0 Å². The van der Waals surface area contributed by atoms with Crippen LogP contribution in [-0.2, 0) is 0 Å². The smallest absolute Gasteiger partial charge is 0.229 e. The van der Waals surface area contributed by atoms with Gasteiger partial charge < -0.3 is 15.7 Å². The van der Waals surface area contributed by atoms with Gasteiger partial charge in [-0.15, -0.1) is 0 Å². The second-order valence-electron chi connectivity index (χ2n) is 4.09. The second kappa shape index (κ2) is 4.91. The van der Waals surface area contributed by atoms with E-state index in [9.17, 15) is 5.11 Å². The SMILES string of the molecule is CNc1cc(C)nc(Nc2ccc(O)c(C)c2)n1. The number of aromatic hydroxyl groups is 1. The minimum Gasteiger partial charge on any atom is -0.508 e. The van der Waals surface area contributed by atoms with Crippen LogP contribution in [0.5, 0.6) is 5.75 Å². The van der Waals surface area contributed by atoms with Gasteiger partial charge in [0.2, 0.25) is 5.95 Å². The number of phenols is 1. The van der Waals surface area contributed by atoms with Crippen LogP contribution in [0.25, 0.3) is 0 Å². The quantitative estimate of drug-likeness (QED) is 0.724. The van der Waals surface area contributed by atoms with E-state index in [0.29, 0.717) is 5.95 Å². The van der Waals surface area contributed by atoms with Crippen molar-refractivity contribution in [3.63, 3.8) is 0 Å². The Hall–Kier alpha value is -2.30. The van der Waals surface area contributed by atoms with Crippen molar-refractivity contribution in [3.8, 4) is 5.75 Å². The van der Waals surface area contributed by atoms with E-state index in [0.717, 1.165) is 22.8 Å². The van der Waals surface area contributed by atoms with Crippen LogP contribution in [0.1, 0.15) is 11.3 Å². The topological polar surface area (TPSA) is 70.1 Å². The zero-order valence-corrected chi connectivity index (χ0v) is 10.7. The largest absolute Gasteiger partial charge is 0.508 e. The maximum atomic E-state index is 9.47. The minimum atomic E-state index is 0.279. The third-order valence-electron chi connectivity index (χ3n) is 2.56. The average molecular weight is 244 g/mol. The van der Waals surface area contributed by atoms with Crippen molar-refractivity contribution in [2.75, 3.05) is 17.7 Å². The van der Waals surface area contributed by atoms with Gasteiger partial charge in [0.05, 0.1) is 0 Å². The molecular formula is C13H16N4O. The summed E-state index contributed by atoms with van der Waals surface area (Å²) in [6.45, 7) is 3.76. The third-order valence-corrected chi connectivity index (χ3v) is 2.56. The molecule has 0 aliphatic heterocycles. The number of benzene rings is 1. The van der Waals surface area contributed by atoms with Crippen LogP contribution in [0, 0.1) is 13.8 Å². The Morgan fingerprint density at radius 2 is 1.89 bits per heavy atom. The first-order chi connectivity index (χ1) is 8.58. The monoisotopic (exact) mass is 244 g/mol. The highest BCUT2D eigenvalue weighted by Gasteiger charge is 2.03. The van der Waals surface area contributed by atoms with Crippen LogP contribution in [0.2, 0.25) is 0 Å². The van der Waals surface area contributed by atoms with E-state index in [1.54, 1.807) is 12.1 Å². The normalized spacial score (nSPS) is 10.2. The summed E-state index contributed by atoms with van der Waals surface area (Å²) in [5.74, 6) is 1.58. The summed E-state index contributed by atoms with van der Waals surface area (Å²) in [5, 5.41) is 15.6. The summed E-state index contributed by atoms with van der Waals surface area (Å²) in [7, 11) is 1.82. The maximum Gasteiger partial charge on any atom is 0.229 e. The molecule has 1 aromatic heterocycles. The highest BCUT2D eigenvalue weighted by Crippen LogP contribution is 2.22. The van der Waals surface area contributed by atoms with Gasteiger partial charge in [-0.25, -0.2) is 4.98 Å². The molecule has 94 valence electrons. The molecule has 0 saturated carbocycles. The van der Waals surface area contributed by atoms with Crippen LogP contribution < -0.4 is 10.6 Å². The highest BCUT2D eigenvalue weighted by molar-refractivity contribution is 5.58. The number of nitrogens with one attached hydrogen (secondary N) is 2. The number of anilines is 3. The lowest BCUT2D eigenvalue weighted by atomic mass is 10.2. The van der Waals surface area contributed by atoms with Crippen LogP contribution in [0.3, 0.4) is 0 Å². The maximum absolute atomic E-state index is 9.47. The van der Waals surface area contributed by atoms with E-state index in [4.69, 9.17) is 0 Å². The Bertz CT molecular complexity index is 569. The lowest BCUT2D eigenvalue weighted by Crippen LogP contribution is -2.02. The highest BCUT2D eigenvalue weighted by atomic mass is 16.3. The molecule has 18 heavy (non-hydrogen) atoms. The fourth-order valence-electron chi connectivity index (χ4n) is 1.61. The summed E-state index contributed by atoms with van der Waals surface area (Å²) < 4.78 is 0. The van der Waals surface area contributed by atoms with Gasteiger partial charge in [0, 0.05) is 24.5 Å². The van der Waals surface area contributed by atoms with Crippen LogP contribution in [0.4, 0.5) is 17.5 Å². The lowest BCUT2D eigenvalue weighted by Gasteiger charge is -2.09. The molecule has 3 N–H and O–H groups in total. The summed E-state index contributed by atoms with van der Waals surface area (Å²) in [6.07, 6.45) is 0. The molecule has 1 heterocycles. The van der Waals surface area contributed by atoms with E-state index in [1.165, 1.54) is 0 Å². The molecule has 0 aliphatic carbocycles. The molecule has 0 saturated heterocycles. The van der Waals surface area contributed by atoms with E-state index >= 15 is 0 Å². The predicted octanol–water partition coefficient (Wildman–Crippen LogP) is 2.58. The molecular weight excluding hydrogens is 228 g/mol. The fraction of sp³-hybridized carbons (Fsp3) is 0.231. The molecule has 2 aromatic rings. The number of hydrogen-bond donors (Lipinski definition) is 3. The van der Waals surface area contributed by atoms with Crippen molar-refractivity contribution in [3.05, 3.63) is 35.5 Å². The van der Waals surface area contributed by atoms with E-state index in [1.807, 2.05) is 33.0 Å². The minimum absolute atomic E-state index is 0.279. The van der Waals surface area contributed by atoms with Gasteiger partial charge in [0.25, 0.3) is 0 Å². The summed E-state index contributed by atoms with van der Waals surface area (Å²) in [4.78, 5) is 8.61. The Morgan fingerprint density at radius 3 is 2.56 bits per heavy atom. The molecule has 0 aliphatic rings. The van der Waals surface area contributed by atoms with Crippen molar-refractivity contribution in [1.82, 2.24) is 9.97 Å². The van der Waals surface area contributed by atoms with Gasteiger partial charge in [-0.05, 0) is 37.6 Å². The molecule has 1 aromatic carbocycles. The second-order valence-corrected chi connectivity index (χ2v) is 4.09. The molecule has 0 fully saturated rings. The molecule has 5 nitrogen and oxygen atoms in total.